The van der Waals surface area contributed by atoms with E-state index in [4.69, 9.17) is 22.2 Å². The SMILES string of the molecule is COc1cccc(C(NN)c2ccc(Cl)cc2)c1F. The van der Waals surface area contributed by atoms with Crippen molar-refractivity contribution in [2.45, 2.75) is 6.04 Å². The van der Waals surface area contributed by atoms with E-state index < -0.39 is 11.9 Å². The van der Waals surface area contributed by atoms with Gasteiger partial charge in [-0.3, -0.25) is 5.84 Å². The molecule has 3 N–H and O–H groups in total. The van der Waals surface area contributed by atoms with Gasteiger partial charge >= 0.3 is 0 Å². The molecule has 1 atom stereocenters. The minimum atomic E-state index is -0.465. The van der Waals surface area contributed by atoms with E-state index in [1.54, 1.807) is 42.5 Å². The van der Waals surface area contributed by atoms with Crippen LogP contribution in [0.1, 0.15) is 17.2 Å². The highest BCUT2D eigenvalue weighted by Gasteiger charge is 2.19. The van der Waals surface area contributed by atoms with Crippen molar-refractivity contribution in [1.82, 2.24) is 5.43 Å². The Bertz CT molecular complexity index is 560. The fourth-order valence-corrected chi connectivity index (χ4v) is 2.06. The minimum Gasteiger partial charge on any atom is -0.494 e. The second-order valence-corrected chi connectivity index (χ2v) is 4.45. The summed E-state index contributed by atoms with van der Waals surface area (Å²) in [6, 6.07) is 11.5. The zero-order valence-electron chi connectivity index (χ0n) is 10.4. The van der Waals surface area contributed by atoms with Gasteiger partial charge in [0.15, 0.2) is 11.6 Å². The molecule has 2 rings (SSSR count). The topological polar surface area (TPSA) is 47.3 Å². The number of benzene rings is 2. The molecule has 3 nitrogen and oxygen atoms in total. The zero-order valence-corrected chi connectivity index (χ0v) is 11.1. The third-order valence-corrected chi connectivity index (χ3v) is 3.15. The maximum Gasteiger partial charge on any atom is 0.170 e. The van der Waals surface area contributed by atoms with Gasteiger partial charge in [-0.2, -0.15) is 0 Å². The van der Waals surface area contributed by atoms with E-state index >= 15 is 0 Å². The number of halogens is 2. The Morgan fingerprint density at radius 3 is 2.47 bits per heavy atom. The van der Waals surface area contributed by atoms with Crippen LogP contribution in [0.15, 0.2) is 42.5 Å². The van der Waals surface area contributed by atoms with Crippen molar-refractivity contribution in [1.29, 1.82) is 0 Å². The normalized spacial score (nSPS) is 12.2. The number of rotatable bonds is 4. The first-order chi connectivity index (χ1) is 9.17. The molecule has 0 aliphatic rings. The number of hydrazine groups is 1. The second-order valence-electron chi connectivity index (χ2n) is 4.01. The van der Waals surface area contributed by atoms with Gasteiger partial charge in [0.2, 0.25) is 0 Å². The van der Waals surface area contributed by atoms with Crippen molar-refractivity contribution in [2.24, 2.45) is 5.84 Å². The number of methoxy groups -OCH3 is 1. The summed E-state index contributed by atoms with van der Waals surface area (Å²) in [6.07, 6.45) is 0. The molecule has 0 aromatic heterocycles. The van der Waals surface area contributed by atoms with Gasteiger partial charge in [0.1, 0.15) is 0 Å². The summed E-state index contributed by atoms with van der Waals surface area (Å²) >= 11 is 5.84. The van der Waals surface area contributed by atoms with Crippen LogP contribution < -0.4 is 16.0 Å². The average Bonchev–Trinajstić information content (AvgIpc) is 2.43. The summed E-state index contributed by atoms with van der Waals surface area (Å²) in [5, 5.41) is 0.616. The van der Waals surface area contributed by atoms with E-state index in [1.165, 1.54) is 7.11 Å². The number of ether oxygens (including phenoxy) is 1. The van der Waals surface area contributed by atoms with Crippen molar-refractivity contribution < 1.29 is 9.13 Å². The van der Waals surface area contributed by atoms with Gasteiger partial charge in [-0.05, 0) is 23.8 Å². The molecule has 5 heteroatoms. The highest BCUT2D eigenvalue weighted by molar-refractivity contribution is 6.30. The van der Waals surface area contributed by atoms with Gasteiger partial charge in [-0.1, -0.05) is 35.9 Å². The molecule has 0 saturated heterocycles. The lowest BCUT2D eigenvalue weighted by molar-refractivity contribution is 0.381. The number of nitrogens with one attached hydrogen (secondary N) is 1. The Balaban J connectivity index is 2.45. The molecule has 0 heterocycles. The largest absolute Gasteiger partial charge is 0.494 e. The van der Waals surface area contributed by atoms with Crippen molar-refractivity contribution >= 4 is 11.6 Å². The standard InChI is InChI=1S/C14H14ClFN2O/c1-19-12-4-2-3-11(13(12)16)14(18-17)9-5-7-10(15)8-6-9/h2-8,14,18H,17H2,1H3. The van der Waals surface area contributed by atoms with Crippen LogP contribution in [0, 0.1) is 5.82 Å². The van der Waals surface area contributed by atoms with Crippen LogP contribution in [-0.4, -0.2) is 7.11 Å². The summed E-state index contributed by atoms with van der Waals surface area (Å²) in [5.74, 6) is 5.30. The van der Waals surface area contributed by atoms with Crippen molar-refractivity contribution in [2.75, 3.05) is 7.11 Å². The van der Waals surface area contributed by atoms with Gasteiger partial charge in [0, 0.05) is 10.6 Å². The lowest BCUT2D eigenvalue weighted by atomic mass is 9.98. The molecular weight excluding hydrogens is 267 g/mol. The van der Waals surface area contributed by atoms with Crippen LogP contribution >= 0.6 is 11.6 Å². The molecule has 0 bridgehead atoms. The molecule has 100 valence electrons. The molecule has 0 fully saturated rings. The van der Waals surface area contributed by atoms with E-state index in [9.17, 15) is 4.39 Å². The molecule has 0 spiro atoms. The van der Waals surface area contributed by atoms with E-state index in [0.29, 0.717) is 10.6 Å². The molecule has 0 radical (unpaired) electrons. The summed E-state index contributed by atoms with van der Waals surface area (Å²) in [6.45, 7) is 0. The smallest absolute Gasteiger partial charge is 0.170 e. The maximum absolute atomic E-state index is 14.2. The van der Waals surface area contributed by atoms with Crippen LogP contribution in [0.2, 0.25) is 5.02 Å². The zero-order chi connectivity index (χ0) is 13.8. The highest BCUT2D eigenvalue weighted by atomic mass is 35.5. The Morgan fingerprint density at radius 1 is 1.21 bits per heavy atom. The predicted octanol–water partition coefficient (Wildman–Crippen LogP) is 3.04. The van der Waals surface area contributed by atoms with Crippen LogP contribution in [0.5, 0.6) is 5.75 Å². The minimum absolute atomic E-state index is 0.187. The van der Waals surface area contributed by atoms with Gasteiger partial charge in [0.05, 0.1) is 13.2 Å². The van der Waals surface area contributed by atoms with Gasteiger partial charge in [-0.25, -0.2) is 9.82 Å². The molecule has 2 aromatic rings. The molecule has 19 heavy (non-hydrogen) atoms. The van der Waals surface area contributed by atoms with E-state index in [-0.39, 0.29) is 5.75 Å². The quantitative estimate of drug-likeness (QED) is 0.668. The number of hydrogen-bond donors (Lipinski definition) is 2. The molecule has 1 unspecified atom stereocenters. The molecule has 0 aliphatic carbocycles. The Labute approximate surface area is 116 Å². The van der Waals surface area contributed by atoms with Crippen LogP contribution in [0.3, 0.4) is 0 Å². The lowest BCUT2D eigenvalue weighted by Gasteiger charge is -2.18. The first-order valence-corrected chi connectivity index (χ1v) is 6.09. The molecule has 0 aliphatic heterocycles. The summed E-state index contributed by atoms with van der Waals surface area (Å²) < 4.78 is 19.2. The van der Waals surface area contributed by atoms with Gasteiger partial charge in [-0.15, -0.1) is 0 Å². The molecule has 0 amide bonds. The number of nitrogens with two attached hydrogens (primary N) is 1. The summed E-state index contributed by atoms with van der Waals surface area (Å²) in [4.78, 5) is 0. The van der Waals surface area contributed by atoms with Crippen molar-refractivity contribution in [3.05, 3.63) is 64.4 Å². The van der Waals surface area contributed by atoms with Crippen LogP contribution in [0.25, 0.3) is 0 Å². The molecular formula is C14H14ClFN2O. The third kappa shape index (κ3) is 2.87. The monoisotopic (exact) mass is 280 g/mol. The predicted molar refractivity (Wildman–Crippen MR) is 73.6 cm³/mol. The lowest BCUT2D eigenvalue weighted by Crippen LogP contribution is -2.29. The Kier molecular flexibility index (Phi) is 4.37. The average molecular weight is 281 g/mol. The molecule has 2 aromatic carbocycles. The van der Waals surface area contributed by atoms with E-state index in [1.807, 2.05) is 0 Å². The Hall–Kier alpha value is -1.62. The van der Waals surface area contributed by atoms with Gasteiger partial charge in [0.25, 0.3) is 0 Å². The summed E-state index contributed by atoms with van der Waals surface area (Å²) in [5.41, 5.74) is 3.85. The first-order valence-electron chi connectivity index (χ1n) is 5.71. The highest BCUT2D eigenvalue weighted by Crippen LogP contribution is 2.29. The van der Waals surface area contributed by atoms with E-state index in [2.05, 4.69) is 5.43 Å². The number of hydrogen-bond acceptors (Lipinski definition) is 3. The van der Waals surface area contributed by atoms with Crippen molar-refractivity contribution in [3.63, 3.8) is 0 Å². The van der Waals surface area contributed by atoms with Gasteiger partial charge < -0.3 is 4.74 Å². The van der Waals surface area contributed by atoms with E-state index in [0.717, 1.165) is 5.56 Å². The van der Waals surface area contributed by atoms with Crippen LogP contribution in [-0.2, 0) is 0 Å². The fourth-order valence-electron chi connectivity index (χ4n) is 1.93. The molecule has 0 saturated carbocycles. The Morgan fingerprint density at radius 2 is 1.89 bits per heavy atom. The van der Waals surface area contributed by atoms with Crippen LogP contribution in [0.4, 0.5) is 4.39 Å². The third-order valence-electron chi connectivity index (χ3n) is 2.89. The first kappa shape index (κ1) is 13.8. The summed E-state index contributed by atoms with van der Waals surface area (Å²) in [7, 11) is 1.43. The second kappa shape index (κ2) is 6.02. The fraction of sp³-hybridized carbons (Fsp3) is 0.143. The maximum atomic E-state index is 14.2. The van der Waals surface area contributed by atoms with Crippen molar-refractivity contribution in [3.8, 4) is 5.75 Å².